The van der Waals surface area contributed by atoms with Crippen LogP contribution in [0.2, 0.25) is 0 Å². The van der Waals surface area contributed by atoms with Crippen molar-refractivity contribution in [2.75, 3.05) is 13.2 Å². The molecule has 174 valence electrons. The average Bonchev–Trinajstić information content (AvgIpc) is 2.82. The normalized spacial score (nSPS) is 20.7. The van der Waals surface area contributed by atoms with E-state index in [1.54, 1.807) is 0 Å². The number of carbonyl (C=O) groups is 1. The predicted octanol–water partition coefficient (Wildman–Crippen LogP) is 6.64. The maximum atomic E-state index is 12.4. The lowest BCUT2D eigenvalue weighted by atomic mass is 9.75. The van der Waals surface area contributed by atoms with Gasteiger partial charge in [0.25, 0.3) is 0 Å². The molecular weight excluding hydrogens is 400 g/mol. The quantitative estimate of drug-likeness (QED) is 0.315. The first-order valence-corrected chi connectivity index (χ1v) is 12.3. The molecule has 0 unspecified atom stereocenters. The Balaban J connectivity index is 1.49. The fourth-order valence-corrected chi connectivity index (χ4v) is 4.50. The molecule has 3 rings (SSSR count). The molecule has 0 amide bonds. The van der Waals surface area contributed by atoms with E-state index in [-0.39, 0.29) is 11.9 Å². The molecule has 1 fully saturated rings. The number of benzene rings is 2. The summed E-state index contributed by atoms with van der Waals surface area (Å²) in [5.41, 5.74) is 2.29. The summed E-state index contributed by atoms with van der Waals surface area (Å²) < 4.78 is 11.0. The largest absolute Gasteiger partial charge is 0.494 e. The molecule has 4 nitrogen and oxygen atoms in total. The van der Waals surface area contributed by atoms with Crippen molar-refractivity contribution in [2.24, 2.45) is 5.92 Å². The van der Waals surface area contributed by atoms with Crippen molar-refractivity contribution in [3.05, 3.63) is 54.1 Å². The van der Waals surface area contributed by atoms with Crippen LogP contribution in [0.4, 0.5) is 0 Å². The first kappa shape index (κ1) is 24.3. The monoisotopic (exact) mass is 438 g/mol. The van der Waals surface area contributed by atoms with Crippen molar-refractivity contribution in [2.45, 2.75) is 77.2 Å². The Morgan fingerprint density at radius 1 is 0.906 bits per heavy atom. The topological polar surface area (TPSA) is 55.8 Å². The van der Waals surface area contributed by atoms with Gasteiger partial charge in [-0.2, -0.15) is 0 Å². The van der Waals surface area contributed by atoms with Gasteiger partial charge in [0, 0.05) is 0 Å². The van der Waals surface area contributed by atoms with Gasteiger partial charge in [0.1, 0.15) is 5.75 Å². The number of carbonyl (C=O) groups excluding carboxylic acids is 1. The van der Waals surface area contributed by atoms with E-state index in [9.17, 15) is 9.90 Å². The third kappa shape index (κ3) is 6.59. The van der Waals surface area contributed by atoms with Gasteiger partial charge in [-0.25, -0.2) is 0 Å². The van der Waals surface area contributed by atoms with E-state index in [1.165, 1.54) is 19.3 Å². The maximum Gasteiger partial charge on any atom is 0.308 e. The van der Waals surface area contributed by atoms with Gasteiger partial charge < -0.3 is 14.6 Å². The van der Waals surface area contributed by atoms with Gasteiger partial charge >= 0.3 is 5.97 Å². The summed E-state index contributed by atoms with van der Waals surface area (Å²) in [5, 5.41) is 11.2. The van der Waals surface area contributed by atoms with Crippen LogP contribution in [0.3, 0.4) is 0 Å². The molecule has 0 radical (unpaired) electrons. The molecule has 0 aromatic heterocycles. The molecule has 1 N–H and O–H groups in total. The molecule has 1 saturated carbocycles. The predicted molar refractivity (Wildman–Crippen MR) is 129 cm³/mol. The second-order valence-electron chi connectivity index (χ2n) is 8.92. The third-order valence-electron chi connectivity index (χ3n) is 6.56. The first-order chi connectivity index (χ1) is 15.6. The Bertz CT molecular complexity index is 818. The minimum atomic E-state index is -0.867. The van der Waals surface area contributed by atoms with Crippen LogP contribution in [0.25, 0.3) is 11.1 Å². The average molecular weight is 439 g/mol. The van der Waals surface area contributed by atoms with Crippen molar-refractivity contribution in [3.8, 4) is 16.9 Å². The van der Waals surface area contributed by atoms with Crippen LogP contribution in [0.15, 0.2) is 48.5 Å². The van der Waals surface area contributed by atoms with Crippen LogP contribution in [0.5, 0.6) is 5.75 Å². The Morgan fingerprint density at radius 3 is 2.09 bits per heavy atom. The number of rotatable bonds is 11. The van der Waals surface area contributed by atoms with E-state index >= 15 is 0 Å². The Morgan fingerprint density at radius 2 is 1.50 bits per heavy atom. The standard InChI is InChI=1S/C28H38O4/c1-3-5-6-7-8-21-32-27(29)24-17-19-28(30,20-18-24)25-13-9-22(10-14-25)23-11-15-26(16-12-23)31-4-2/h9-16,24,30H,3-8,17-21H2,1-2H3. The number of ether oxygens (including phenoxy) is 2. The van der Waals surface area contributed by atoms with Crippen LogP contribution in [0.1, 0.15) is 77.2 Å². The highest BCUT2D eigenvalue weighted by Gasteiger charge is 2.37. The fourth-order valence-electron chi connectivity index (χ4n) is 4.50. The van der Waals surface area contributed by atoms with Gasteiger partial charge in [-0.05, 0) is 67.9 Å². The van der Waals surface area contributed by atoms with Crippen LogP contribution in [-0.2, 0) is 15.1 Å². The molecule has 1 aliphatic rings. The number of hydrogen-bond acceptors (Lipinski definition) is 4. The Labute approximate surface area is 193 Å². The SMILES string of the molecule is CCCCCCCOC(=O)C1CCC(O)(c2ccc(-c3ccc(OCC)cc3)cc2)CC1. The van der Waals surface area contributed by atoms with E-state index in [2.05, 4.69) is 31.2 Å². The summed E-state index contributed by atoms with van der Waals surface area (Å²) in [6, 6.07) is 16.2. The van der Waals surface area contributed by atoms with Crippen molar-refractivity contribution in [1.82, 2.24) is 0 Å². The third-order valence-corrected chi connectivity index (χ3v) is 6.56. The van der Waals surface area contributed by atoms with Crippen LogP contribution in [-0.4, -0.2) is 24.3 Å². The van der Waals surface area contributed by atoms with Crippen LogP contribution < -0.4 is 4.74 Å². The van der Waals surface area contributed by atoms with Gasteiger partial charge in [0.05, 0.1) is 24.7 Å². The zero-order valence-corrected chi connectivity index (χ0v) is 19.6. The Kier molecular flexibility index (Phi) is 9.16. The second kappa shape index (κ2) is 12.1. The molecule has 2 aromatic carbocycles. The molecule has 0 bridgehead atoms. The van der Waals surface area contributed by atoms with Gasteiger partial charge in [0.2, 0.25) is 0 Å². The summed E-state index contributed by atoms with van der Waals surface area (Å²) in [6.45, 7) is 5.35. The summed E-state index contributed by atoms with van der Waals surface area (Å²) in [6.07, 6.45) is 8.27. The number of aliphatic hydroxyl groups is 1. The first-order valence-electron chi connectivity index (χ1n) is 12.3. The van der Waals surface area contributed by atoms with Gasteiger partial charge in [-0.15, -0.1) is 0 Å². The summed E-state index contributed by atoms with van der Waals surface area (Å²) >= 11 is 0. The van der Waals surface area contributed by atoms with Crippen molar-refractivity contribution in [3.63, 3.8) is 0 Å². The van der Waals surface area contributed by atoms with Crippen molar-refractivity contribution in [1.29, 1.82) is 0 Å². The van der Waals surface area contributed by atoms with Crippen molar-refractivity contribution < 1.29 is 19.4 Å². The molecule has 32 heavy (non-hydrogen) atoms. The molecule has 1 aliphatic carbocycles. The van der Waals surface area contributed by atoms with Gasteiger partial charge in [0.15, 0.2) is 0 Å². The van der Waals surface area contributed by atoms with E-state index < -0.39 is 5.60 Å². The fraction of sp³-hybridized carbons (Fsp3) is 0.536. The van der Waals surface area contributed by atoms with E-state index in [4.69, 9.17) is 9.47 Å². The van der Waals surface area contributed by atoms with E-state index in [0.717, 1.165) is 35.3 Å². The van der Waals surface area contributed by atoms with Crippen LogP contribution >= 0.6 is 0 Å². The number of unbranched alkanes of at least 4 members (excludes halogenated alkanes) is 4. The zero-order chi connectivity index (χ0) is 22.8. The summed E-state index contributed by atoms with van der Waals surface area (Å²) in [5.74, 6) is 0.691. The van der Waals surface area contributed by atoms with E-state index in [0.29, 0.717) is 38.9 Å². The highest BCUT2D eigenvalue weighted by molar-refractivity contribution is 5.72. The summed E-state index contributed by atoms with van der Waals surface area (Å²) in [7, 11) is 0. The smallest absolute Gasteiger partial charge is 0.308 e. The lowest BCUT2D eigenvalue weighted by Crippen LogP contribution is -2.34. The minimum Gasteiger partial charge on any atom is -0.494 e. The molecule has 0 saturated heterocycles. The molecule has 4 heteroatoms. The van der Waals surface area contributed by atoms with Crippen LogP contribution in [0, 0.1) is 5.92 Å². The number of hydrogen-bond donors (Lipinski definition) is 1. The van der Waals surface area contributed by atoms with E-state index in [1.807, 2.05) is 31.2 Å². The maximum absolute atomic E-state index is 12.4. The minimum absolute atomic E-state index is 0.0888. The molecule has 0 aliphatic heterocycles. The zero-order valence-electron chi connectivity index (χ0n) is 19.6. The second-order valence-corrected chi connectivity index (χ2v) is 8.92. The Hall–Kier alpha value is -2.33. The van der Waals surface area contributed by atoms with Gasteiger partial charge in [-0.3, -0.25) is 4.79 Å². The lowest BCUT2D eigenvalue weighted by molar-refractivity contribution is -0.152. The molecule has 0 atom stereocenters. The molecular formula is C28H38O4. The molecule has 0 spiro atoms. The highest BCUT2D eigenvalue weighted by atomic mass is 16.5. The molecule has 2 aromatic rings. The van der Waals surface area contributed by atoms with Crippen molar-refractivity contribution >= 4 is 5.97 Å². The van der Waals surface area contributed by atoms with Gasteiger partial charge in [-0.1, -0.05) is 69.0 Å². The number of esters is 1. The molecule has 0 heterocycles. The highest BCUT2D eigenvalue weighted by Crippen LogP contribution is 2.40. The summed E-state index contributed by atoms with van der Waals surface area (Å²) in [4.78, 5) is 12.4. The lowest BCUT2D eigenvalue weighted by Gasteiger charge is -2.35.